The van der Waals surface area contributed by atoms with Gasteiger partial charge in [0.15, 0.2) is 5.84 Å². The van der Waals surface area contributed by atoms with Crippen LogP contribution in [0, 0.1) is 0 Å². The van der Waals surface area contributed by atoms with Crippen molar-refractivity contribution in [1.29, 1.82) is 0 Å². The molecule has 0 unspecified atom stereocenters. The van der Waals surface area contributed by atoms with Crippen LogP contribution in [0.5, 0.6) is 0 Å². The number of hydroxylamine groups is 1. The zero-order chi connectivity index (χ0) is 16.8. The molecular weight excluding hydrogens is 306 g/mol. The molecule has 2 heterocycles. The molecule has 0 aliphatic carbocycles. The third-order valence-electron chi connectivity index (χ3n) is 4.53. The molecule has 1 aromatic rings. The van der Waals surface area contributed by atoms with Crippen LogP contribution in [0.1, 0.15) is 31.7 Å². The number of likely N-dealkylation sites (N-methyl/N-ethyl adjacent to an activating group) is 1. The Hall–Kier alpha value is -1.92. The van der Waals surface area contributed by atoms with E-state index in [0.29, 0.717) is 12.4 Å². The van der Waals surface area contributed by atoms with E-state index < -0.39 is 0 Å². The van der Waals surface area contributed by atoms with Crippen molar-refractivity contribution in [3.05, 3.63) is 35.9 Å². The van der Waals surface area contributed by atoms with Gasteiger partial charge in [0.25, 0.3) is 0 Å². The minimum atomic E-state index is -0.250. The van der Waals surface area contributed by atoms with Gasteiger partial charge in [0.05, 0.1) is 6.54 Å². The summed E-state index contributed by atoms with van der Waals surface area (Å²) in [5.41, 5.74) is 3.84. The number of carbonyl (C=O) groups is 1. The van der Waals surface area contributed by atoms with Gasteiger partial charge in [-0.15, -0.1) is 0 Å². The fraction of sp³-hybridized carbons (Fsp3) is 0.556. The third-order valence-corrected chi connectivity index (χ3v) is 4.53. The normalized spacial score (nSPS) is 24.8. The molecule has 0 bridgehead atoms. The van der Waals surface area contributed by atoms with E-state index in [0.717, 1.165) is 37.9 Å². The van der Waals surface area contributed by atoms with Crippen LogP contribution in [0.4, 0.5) is 0 Å². The zero-order valence-corrected chi connectivity index (χ0v) is 14.1. The van der Waals surface area contributed by atoms with Crippen molar-refractivity contribution in [2.24, 2.45) is 4.99 Å². The second-order valence-electron chi connectivity index (χ2n) is 6.17. The number of aliphatic imine (C=N–C) groups is 1. The predicted octanol–water partition coefficient (Wildman–Crippen LogP) is 1.75. The monoisotopic (exact) mass is 331 g/mol. The number of hydrogen-bond acceptors (Lipinski definition) is 6. The molecule has 2 aliphatic heterocycles. The highest BCUT2D eigenvalue weighted by molar-refractivity contribution is 5.98. The molecule has 0 saturated carbocycles. The summed E-state index contributed by atoms with van der Waals surface area (Å²) in [5.74, 6) is 0.570. The lowest BCUT2D eigenvalue weighted by molar-refractivity contribution is -0.156. The largest absolute Gasteiger partial charge is 0.462 e. The number of amidine groups is 1. The molecule has 0 aromatic heterocycles. The summed E-state index contributed by atoms with van der Waals surface area (Å²) >= 11 is 0. The summed E-state index contributed by atoms with van der Waals surface area (Å²) in [7, 11) is 0. The van der Waals surface area contributed by atoms with Crippen molar-refractivity contribution in [3.8, 4) is 0 Å². The summed E-state index contributed by atoms with van der Waals surface area (Å²) in [6, 6.07) is 9.70. The maximum Gasteiger partial charge on any atom is 0.323 e. The van der Waals surface area contributed by atoms with Gasteiger partial charge in [-0.3, -0.25) is 19.5 Å². The van der Waals surface area contributed by atoms with Gasteiger partial charge in [0, 0.05) is 5.56 Å². The number of carbonyl (C=O) groups excluding carboxylic acids is 1. The molecule has 0 radical (unpaired) electrons. The molecule has 6 nitrogen and oxygen atoms in total. The second kappa shape index (κ2) is 8.26. The quantitative estimate of drug-likeness (QED) is 0.833. The Labute approximate surface area is 142 Å². The van der Waals surface area contributed by atoms with Crippen molar-refractivity contribution < 1.29 is 14.4 Å². The molecule has 130 valence electrons. The van der Waals surface area contributed by atoms with Gasteiger partial charge in [-0.1, -0.05) is 43.7 Å². The average molecular weight is 331 g/mol. The highest BCUT2D eigenvalue weighted by atomic mass is 16.7. The summed E-state index contributed by atoms with van der Waals surface area (Å²) < 4.78 is 5.48. The maximum atomic E-state index is 12.3. The molecule has 1 saturated heterocycles. The van der Waals surface area contributed by atoms with Crippen LogP contribution >= 0.6 is 0 Å². The molecule has 1 aromatic carbocycles. The van der Waals surface area contributed by atoms with Crippen molar-refractivity contribution >= 4 is 11.8 Å². The van der Waals surface area contributed by atoms with Crippen molar-refractivity contribution in [1.82, 2.24) is 10.4 Å². The van der Waals surface area contributed by atoms with Crippen LogP contribution in [-0.4, -0.2) is 55.1 Å². The highest BCUT2D eigenvalue weighted by Crippen LogP contribution is 2.18. The fourth-order valence-corrected chi connectivity index (χ4v) is 3.14. The van der Waals surface area contributed by atoms with Crippen LogP contribution in [0.25, 0.3) is 0 Å². The Balaban J connectivity index is 1.48. The zero-order valence-electron chi connectivity index (χ0n) is 14.1. The van der Waals surface area contributed by atoms with Crippen molar-refractivity contribution in [2.45, 2.75) is 38.3 Å². The van der Waals surface area contributed by atoms with Gasteiger partial charge in [0.2, 0.25) is 0 Å². The summed E-state index contributed by atoms with van der Waals surface area (Å²) in [6.45, 7) is 4.65. The molecule has 1 fully saturated rings. The number of nitrogens with zero attached hydrogens (tertiary/aromatic N) is 2. The van der Waals surface area contributed by atoms with Crippen LogP contribution in [-0.2, 0) is 14.4 Å². The Bertz CT molecular complexity index is 576. The minimum Gasteiger partial charge on any atom is -0.462 e. The van der Waals surface area contributed by atoms with Crippen molar-refractivity contribution in [3.63, 3.8) is 0 Å². The standard InChI is InChI=1S/C18H25N3O3/c1-2-21-11-7-6-10-16(21)18(22)23-13-15-12-19-17(20-24-15)14-8-4-3-5-9-14/h3-5,8-9,15-16H,2,6-7,10-13H2,1H3,(H,19,20)/t15-,16-/m0/s1. The van der Waals surface area contributed by atoms with Crippen LogP contribution in [0.15, 0.2) is 35.3 Å². The van der Waals surface area contributed by atoms with Crippen LogP contribution in [0.3, 0.4) is 0 Å². The van der Waals surface area contributed by atoms with Crippen LogP contribution < -0.4 is 5.48 Å². The van der Waals surface area contributed by atoms with Gasteiger partial charge >= 0.3 is 5.97 Å². The number of piperidine rings is 1. The van der Waals surface area contributed by atoms with E-state index in [4.69, 9.17) is 9.57 Å². The summed E-state index contributed by atoms with van der Waals surface area (Å²) in [5, 5.41) is 0. The molecule has 1 N–H and O–H groups in total. The first-order valence-corrected chi connectivity index (χ1v) is 8.70. The van der Waals surface area contributed by atoms with E-state index in [1.165, 1.54) is 0 Å². The molecule has 24 heavy (non-hydrogen) atoms. The molecule has 3 rings (SSSR count). The minimum absolute atomic E-state index is 0.108. The Kier molecular flexibility index (Phi) is 5.82. The highest BCUT2D eigenvalue weighted by Gasteiger charge is 2.29. The molecule has 0 amide bonds. The Morgan fingerprint density at radius 2 is 2.21 bits per heavy atom. The first kappa shape index (κ1) is 16.9. The van der Waals surface area contributed by atoms with Gasteiger partial charge in [0.1, 0.15) is 18.8 Å². The summed E-state index contributed by atoms with van der Waals surface area (Å²) in [4.78, 5) is 24.6. The van der Waals surface area contributed by atoms with E-state index in [-0.39, 0.29) is 24.7 Å². The van der Waals surface area contributed by atoms with Gasteiger partial charge < -0.3 is 4.74 Å². The lowest BCUT2D eigenvalue weighted by Crippen LogP contribution is -2.46. The Morgan fingerprint density at radius 1 is 1.38 bits per heavy atom. The number of hydrogen-bond donors (Lipinski definition) is 1. The maximum absolute atomic E-state index is 12.3. The molecule has 6 heteroatoms. The number of esters is 1. The van der Waals surface area contributed by atoms with Crippen LogP contribution in [0.2, 0.25) is 0 Å². The fourth-order valence-electron chi connectivity index (χ4n) is 3.14. The van der Waals surface area contributed by atoms with E-state index in [2.05, 4.69) is 22.3 Å². The molecule has 0 spiro atoms. The van der Waals surface area contributed by atoms with E-state index >= 15 is 0 Å². The SMILES string of the molecule is CCN1CCCC[C@H]1C(=O)OC[C@@H]1CN=C(c2ccccc2)NO1. The molecule has 2 aliphatic rings. The number of likely N-dealkylation sites (tertiary alicyclic amines) is 1. The van der Waals surface area contributed by atoms with Gasteiger partial charge in [-0.05, 0) is 25.9 Å². The van der Waals surface area contributed by atoms with E-state index in [1.54, 1.807) is 0 Å². The van der Waals surface area contributed by atoms with Gasteiger partial charge in [-0.25, -0.2) is 5.48 Å². The second-order valence-corrected chi connectivity index (χ2v) is 6.17. The average Bonchev–Trinajstić information content (AvgIpc) is 2.67. The number of nitrogens with one attached hydrogen (secondary N) is 1. The topological polar surface area (TPSA) is 63.2 Å². The predicted molar refractivity (Wildman–Crippen MR) is 91.7 cm³/mol. The first-order valence-electron chi connectivity index (χ1n) is 8.70. The van der Waals surface area contributed by atoms with Gasteiger partial charge in [-0.2, -0.15) is 0 Å². The van der Waals surface area contributed by atoms with E-state index in [1.807, 2.05) is 30.3 Å². The van der Waals surface area contributed by atoms with Crippen molar-refractivity contribution in [2.75, 3.05) is 26.2 Å². The Morgan fingerprint density at radius 3 is 2.92 bits per heavy atom. The lowest BCUT2D eigenvalue weighted by Gasteiger charge is -2.33. The number of ether oxygens (including phenoxy) is 1. The molecular formula is C18H25N3O3. The van der Waals surface area contributed by atoms with E-state index in [9.17, 15) is 4.79 Å². The first-order chi connectivity index (χ1) is 11.8. The third kappa shape index (κ3) is 4.13. The lowest BCUT2D eigenvalue weighted by atomic mass is 10.0. The summed E-state index contributed by atoms with van der Waals surface area (Å²) in [6.07, 6.45) is 2.87. The smallest absolute Gasteiger partial charge is 0.323 e. The number of benzene rings is 1. The number of rotatable bonds is 5. The molecule has 2 atom stereocenters.